The Labute approximate surface area is 202 Å². The van der Waals surface area contributed by atoms with Gasteiger partial charge in [0, 0.05) is 41.9 Å². The molecule has 154 valence electrons. The number of nitrogens with two attached hydrogens (primary N) is 2. The van der Waals surface area contributed by atoms with E-state index in [1.165, 1.54) is 11.1 Å². The number of rotatable bonds is 1. The number of hydrogen-bond donors (Lipinski definition) is 2. The van der Waals surface area contributed by atoms with Gasteiger partial charge in [0.15, 0.2) is 0 Å². The highest BCUT2D eigenvalue weighted by atomic mass is 79.9. The van der Waals surface area contributed by atoms with Gasteiger partial charge in [0.05, 0.1) is 0 Å². The van der Waals surface area contributed by atoms with Crippen LogP contribution in [0.3, 0.4) is 0 Å². The smallest absolute Gasteiger partial charge is 0.0473 e. The predicted octanol–water partition coefficient (Wildman–Crippen LogP) is 8.66. The Morgan fingerprint density at radius 2 is 0.750 bits per heavy atom. The van der Waals surface area contributed by atoms with Gasteiger partial charge in [-0.3, -0.25) is 0 Å². The first-order valence-electron chi connectivity index (χ1n) is 10.3. The Morgan fingerprint density at radius 1 is 0.406 bits per heavy atom. The van der Waals surface area contributed by atoms with Crippen molar-refractivity contribution in [1.29, 1.82) is 0 Å². The van der Waals surface area contributed by atoms with Crippen molar-refractivity contribution < 1.29 is 0 Å². The lowest BCUT2D eigenvalue weighted by Crippen LogP contribution is -1.97. The minimum Gasteiger partial charge on any atom is -0.398 e. The molecule has 0 atom stereocenters. The van der Waals surface area contributed by atoms with Gasteiger partial charge in [-0.25, -0.2) is 0 Å². The van der Waals surface area contributed by atoms with Crippen LogP contribution in [0.4, 0.5) is 11.4 Å². The number of fused-ring (bicyclic) bond motifs is 4. The van der Waals surface area contributed by atoms with Crippen LogP contribution < -0.4 is 11.5 Å². The molecule has 0 unspecified atom stereocenters. The van der Waals surface area contributed by atoms with E-state index in [0.29, 0.717) is 0 Å². The van der Waals surface area contributed by atoms with E-state index in [1.807, 2.05) is 24.3 Å². The van der Waals surface area contributed by atoms with Crippen molar-refractivity contribution in [2.24, 2.45) is 0 Å². The van der Waals surface area contributed by atoms with Gasteiger partial charge in [-0.05, 0) is 56.9 Å². The number of nitrogen functional groups attached to an aromatic ring is 2. The van der Waals surface area contributed by atoms with Gasteiger partial charge in [-0.15, -0.1) is 0 Å². The fraction of sp³-hybridized carbons (Fsp3) is 0. The Balaban J connectivity index is 1.98. The summed E-state index contributed by atoms with van der Waals surface area (Å²) in [5.74, 6) is 0. The molecule has 0 aliphatic rings. The number of anilines is 2. The molecule has 32 heavy (non-hydrogen) atoms. The third kappa shape index (κ3) is 2.76. The Morgan fingerprint density at radius 3 is 1.16 bits per heavy atom. The van der Waals surface area contributed by atoms with Gasteiger partial charge >= 0.3 is 0 Å². The van der Waals surface area contributed by atoms with Gasteiger partial charge in [-0.2, -0.15) is 0 Å². The Bertz CT molecular complexity index is 1590. The molecule has 0 heterocycles. The van der Waals surface area contributed by atoms with Crippen LogP contribution >= 0.6 is 31.9 Å². The minimum absolute atomic E-state index is 0.803. The zero-order valence-corrected chi connectivity index (χ0v) is 20.2. The number of benzene rings is 6. The number of hydrogen-bond acceptors (Lipinski definition) is 2. The van der Waals surface area contributed by atoms with E-state index >= 15 is 0 Å². The SMILES string of the molecule is Nc1c2ccccc2c(-c2c3ccccc3c(N)c3ccc(Br)cc23)c2cc(Br)ccc12. The van der Waals surface area contributed by atoms with Crippen LogP contribution in [0.25, 0.3) is 54.2 Å². The lowest BCUT2D eigenvalue weighted by Gasteiger charge is -2.20. The zero-order chi connectivity index (χ0) is 22.0. The molecule has 0 aliphatic carbocycles. The first kappa shape index (κ1) is 19.6. The molecule has 0 aliphatic heterocycles. The molecule has 0 saturated carbocycles. The van der Waals surface area contributed by atoms with Crippen molar-refractivity contribution in [2.75, 3.05) is 11.5 Å². The normalized spacial score (nSPS) is 11.7. The highest BCUT2D eigenvalue weighted by molar-refractivity contribution is 9.10. The lowest BCUT2D eigenvalue weighted by atomic mass is 9.85. The molecular weight excluding hydrogens is 524 g/mol. The average molecular weight is 542 g/mol. The molecule has 6 aromatic rings. The van der Waals surface area contributed by atoms with Crippen LogP contribution in [-0.2, 0) is 0 Å². The van der Waals surface area contributed by atoms with Crippen LogP contribution in [0.1, 0.15) is 0 Å². The second-order valence-electron chi connectivity index (χ2n) is 8.05. The monoisotopic (exact) mass is 540 g/mol. The number of halogens is 2. The maximum absolute atomic E-state index is 6.68. The topological polar surface area (TPSA) is 52.0 Å². The van der Waals surface area contributed by atoms with Gasteiger partial charge < -0.3 is 11.5 Å². The van der Waals surface area contributed by atoms with E-state index < -0.39 is 0 Å². The molecule has 0 radical (unpaired) electrons. The summed E-state index contributed by atoms with van der Waals surface area (Å²) in [7, 11) is 0. The van der Waals surface area contributed by atoms with Crippen molar-refractivity contribution in [3.8, 4) is 11.1 Å². The Kier molecular flexibility index (Phi) is 4.42. The van der Waals surface area contributed by atoms with Crippen LogP contribution in [-0.4, -0.2) is 0 Å². The summed E-state index contributed by atoms with van der Waals surface area (Å²) in [4.78, 5) is 0. The first-order valence-corrected chi connectivity index (χ1v) is 11.9. The highest BCUT2D eigenvalue weighted by Crippen LogP contribution is 2.48. The fourth-order valence-corrected chi connectivity index (χ4v) is 5.63. The second-order valence-corrected chi connectivity index (χ2v) is 9.88. The van der Waals surface area contributed by atoms with Gasteiger partial charge in [0.1, 0.15) is 0 Å². The standard InChI is InChI=1S/C28H18Br2N2/c29-15-9-11-21-23(13-15)25(17-5-1-3-7-19(17)27(21)31)26-18-6-2-4-8-20(18)28(32)22-12-10-16(30)14-24(22)26/h1-14H,31-32H2. The van der Waals surface area contributed by atoms with Crippen LogP contribution in [0, 0.1) is 0 Å². The van der Waals surface area contributed by atoms with E-state index in [4.69, 9.17) is 11.5 Å². The van der Waals surface area contributed by atoms with E-state index in [-0.39, 0.29) is 0 Å². The average Bonchev–Trinajstić information content (AvgIpc) is 2.81. The molecule has 0 fully saturated rings. The summed E-state index contributed by atoms with van der Waals surface area (Å²) in [5, 5.41) is 8.71. The molecule has 2 nitrogen and oxygen atoms in total. The van der Waals surface area contributed by atoms with Crippen molar-refractivity contribution in [1.82, 2.24) is 0 Å². The largest absolute Gasteiger partial charge is 0.398 e. The molecule has 0 spiro atoms. The lowest BCUT2D eigenvalue weighted by molar-refractivity contribution is 1.68. The van der Waals surface area contributed by atoms with E-state index in [9.17, 15) is 0 Å². The van der Waals surface area contributed by atoms with Crippen molar-refractivity contribution in [3.05, 3.63) is 93.9 Å². The predicted molar refractivity (Wildman–Crippen MR) is 146 cm³/mol. The molecule has 0 bridgehead atoms. The van der Waals surface area contributed by atoms with Crippen molar-refractivity contribution in [2.45, 2.75) is 0 Å². The van der Waals surface area contributed by atoms with E-state index in [0.717, 1.165) is 63.4 Å². The second kappa shape index (κ2) is 7.22. The van der Waals surface area contributed by atoms with Crippen LogP contribution in [0.15, 0.2) is 93.9 Å². The first-order chi connectivity index (χ1) is 15.5. The zero-order valence-electron chi connectivity index (χ0n) is 17.0. The molecule has 0 amide bonds. The molecular formula is C28H18Br2N2. The molecule has 6 rings (SSSR count). The Hall–Kier alpha value is -3.08. The van der Waals surface area contributed by atoms with Gasteiger partial charge in [-0.1, -0.05) is 92.5 Å². The van der Waals surface area contributed by atoms with Crippen LogP contribution in [0.2, 0.25) is 0 Å². The highest BCUT2D eigenvalue weighted by Gasteiger charge is 2.20. The van der Waals surface area contributed by atoms with Crippen molar-refractivity contribution >= 4 is 86.3 Å². The molecule has 4 N–H and O–H groups in total. The van der Waals surface area contributed by atoms with Crippen LogP contribution in [0.5, 0.6) is 0 Å². The third-order valence-corrected chi connectivity index (χ3v) is 7.29. The van der Waals surface area contributed by atoms with Gasteiger partial charge in [0.25, 0.3) is 0 Å². The molecule has 6 aromatic carbocycles. The van der Waals surface area contributed by atoms with E-state index in [1.54, 1.807) is 0 Å². The summed E-state index contributed by atoms with van der Waals surface area (Å²) < 4.78 is 2.04. The van der Waals surface area contributed by atoms with Crippen molar-refractivity contribution in [3.63, 3.8) is 0 Å². The molecule has 0 aromatic heterocycles. The molecule has 4 heteroatoms. The maximum atomic E-state index is 6.68. The summed E-state index contributed by atoms with van der Waals surface area (Å²) in [6.45, 7) is 0. The summed E-state index contributed by atoms with van der Waals surface area (Å²) in [6.07, 6.45) is 0. The fourth-order valence-electron chi connectivity index (χ4n) is 4.91. The summed E-state index contributed by atoms with van der Waals surface area (Å²) in [5.41, 5.74) is 17.3. The third-order valence-electron chi connectivity index (χ3n) is 6.31. The quantitative estimate of drug-likeness (QED) is 0.161. The minimum atomic E-state index is 0.803. The van der Waals surface area contributed by atoms with E-state index in [2.05, 4.69) is 92.5 Å². The summed E-state index contributed by atoms with van der Waals surface area (Å²) >= 11 is 7.36. The summed E-state index contributed by atoms with van der Waals surface area (Å²) in [6, 6.07) is 29.4. The van der Waals surface area contributed by atoms with Gasteiger partial charge in [0.2, 0.25) is 0 Å². The molecule has 0 saturated heterocycles. The maximum Gasteiger partial charge on any atom is 0.0473 e.